The third-order valence-corrected chi connectivity index (χ3v) is 2.65. The van der Waals surface area contributed by atoms with Gasteiger partial charge in [-0.25, -0.2) is 4.79 Å². The number of aromatic nitrogens is 2. The van der Waals surface area contributed by atoms with Crippen molar-refractivity contribution < 1.29 is 9.90 Å². The van der Waals surface area contributed by atoms with Crippen molar-refractivity contribution in [2.75, 3.05) is 0 Å². The van der Waals surface area contributed by atoms with Crippen molar-refractivity contribution in [1.82, 2.24) is 9.97 Å². The number of nitrogens with zero attached hydrogens (tertiary/aromatic N) is 1. The molecule has 4 nitrogen and oxygen atoms in total. The average molecular weight is 212 g/mol. The zero-order valence-corrected chi connectivity index (χ0v) is 8.27. The average Bonchev–Trinajstić information content (AvgIpc) is 2.76. The van der Waals surface area contributed by atoms with Crippen molar-refractivity contribution in [3.8, 4) is 0 Å². The number of fused-ring (bicyclic) bond motifs is 3. The summed E-state index contributed by atoms with van der Waals surface area (Å²) in [5, 5.41) is 12.0. The summed E-state index contributed by atoms with van der Waals surface area (Å²) in [5.41, 5.74) is 0.992. The summed E-state index contributed by atoms with van der Waals surface area (Å²) >= 11 is 0. The smallest absolute Gasteiger partial charge is 0.352 e. The van der Waals surface area contributed by atoms with Crippen molar-refractivity contribution in [3.63, 3.8) is 0 Å². The normalized spacial score (nSPS) is 11.0. The van der Waals surface area contributed by atoms with E-state index >= 15 is 0 Å². The van der Waals surface area contributed by atoms with Crippen molar-refractivity contribution in [1.29, 1.82) is 0 Å². The Bertz CT molecular complexity index is 700. The maximum absolute atomic E-state index is 10.8. The zero-order valence-electron chi connectivity index (χ0n) is 8.27. The minimum Gasteiger partial charge on any atom is -0.477 e. The van der Waals surface area contributed by atoms with Crippen LogP contribution < -0.4 is 0 Å². The van der Waals surface area contributed by atoms with E-state index in [1.54, 1.807) is 24.5 Å². The van der Waals surface area contributed by atoms with Gasteiger partial charge in [-0.15, -0.1) is 0 Å². The Morgan fingerprint density at radius 2 is 2.00 bits per heavy atom. The van der Waals surface area contributed by atoms with Crippen LogP contribution in [0.15, 0.2) is 36.7 Å². The molecule has 0 aliphatic rings. The summed E-state index contributed by atoms with van der Waals surface area (Å²) in [7, 11) is 0. The van der Waals surface area contributed by atoms with E-state index < -0.39 is 5.97 Å². The second-order valence-electron chi connectivity index (χ2n) is 3.61. The molecule has 2 heterocycles. The largest absolute Gasteiger partial charge is 0.477 e. The van der Waals surface area contributed by atoms with Crippen molar-refractivity contribution >= 4 is 27.6 Å². The van der Waals surface area contributed by atoms with Crippen LogP contribution in [0.3, 0.4) is 0 Å². The quantitative estimate of drug-likeness (QED) is 0.651. The van der Waals surface area contributed by atoms with E-state index in [-0.39, 0.29) is 5.69 Å². The molecule has 0 radical (unpaired) electrons. The van der Waals surface area contributed by atoms with Gasteiger partial charge < -0.3 is 10.1 Å². The molecule has 0 saturated heterocycles. The highest BCUT2D eigenvalue weighted by atomic mass is 16.4. The Balaban J connectivity index is 2.41. The number of carbonyl (C=O) groups is 1. The van der Waals surface area contributed by atoms with Gasteiger partial charge in [0.2, 0.25) is 0 Å². The third-order valence-electron chi connectivity index (χ3n) is 2.65. The van der Waals surface area contributed by atoms with E-state index in [2.05, 4.69) is 9.97 Å². The standard InChI is InChI=1S/C12H8N2O2/c15-12(16)11-4-2-8-9-6-13-5-7(9)1-3-10(8)14-11/h1-6,14H,(H,15,16). The van der Waals surface area contributed by atoms with Gasteiger partial charge in [0.05, 0.1) is 0 Å². The molecule has 0 aliphatic heterocycles. The molecule has 16 heavy (non-hydrogen) atoms. The molecule has 0 aliphatic carbocycles. The SMILES string of the molecule is O=C(O)c1ccc2c(ccc3cncc32)[nH]1. The molecule has 2 aromatic heterocycles. The van der Waals surface area contributed by atoms with Gasteiger partial charge in [-0.05, 0) is 18.2 Å². The highest BCUT2D eigenvalue weighted by Crippen LogP contribution is 2.23. The second kappa shape index (κ2) is 3.06. The fourth-order valence-corrected chi connectivity index (χ4v) is 1.87. The lowest BCUT2D eigenvalue weighted by molar-refractivity contribution is 0.0691. The molecular formula is C12H8N2O2. The monoisotopic (exact) mass is 212 g/mol. The van der Waals surface area contributed by atoms with Crippen LogP contribution in [0.4, 0.5) is 0 Å². The van der Waals surface area contributed by atoms with Gasteiger partial charge in [0.1, 0.15) is 5.69 Å². The number of carboxylic acid groups (broad SMARTS) is 1. The van der Waals surface area contributed by atoms with E-state index in [0.29, 0.717) is 0 Å². The minimum absolute atomic E-state index is 0.186. The zero-order chi connectivity index (χ0) is 11.1. The molecule has 0 spiro atoms. The topological polar surface area (TPSA) is 66.0 Å². The molecule has 0 saturated carbocycles. The molecule has 78 valence electrons. The van der Waals surface area contributed by atoms with Crippen LogP contribution in [-0.2, 0) is 0 Å². The lowest BCUT2D eigenvalue weighted by atomic mass is 10.1. The first-order valence-electron chi connectivity index (χ1n) is 4.84. The van der Waals surface area contributed by atoms with Crippen molar-refractivity contribution in [2.45, 2.75) is 0 Å². The number of aromatic carboxylic acids is 1. The van der Waals surface area contributed by atoms with E-state index in [4.69, 9.17) is 5.11 Å². The van der Waals surface area contributed by atoms with Crippen LogP contribution in [0.2, 0.25) is 0 Å². The first-order valence-corrected chi connectivity index (χ1v) is 4.84. The summed E-state index contributed by atoms with van der Waals surface area (Å²) in [6.07, 6.45) is 3.58. The Hall–Kier alpha value is -2.36. The number of nitrogens with one attached hydrogen (secondary N) is 1. The highest BCUT2D eigenvalue weighted by Gasteiger charge is 2.06. The van der Waals surface area contributed by atoms with Crippen molar-refractivity contribution in [2.24, 2.45) is 0 Å². The summed E-state index contributed by atoms with van der Waals surface area (Å²) < 4.78 is 0. The summed E-state index contributed by atoms with van der Waals surface area (Å²) in [4.78, 5) is 17.8. The summed E-state index contributed by atoms with van der Waals surface area (Å²) in [6, 6.07) is 7.16. The van der Waals surface area contributed by atoms with Gasteiger partial charge in [-0.2, -0.15) is 0 Å². The molecule has 0 amide bonds. The fraction of sp³-hybridized carbons (Fsp3) is 0. The number of pyridine rings is 1. The molecule has 3 rings (SSSR count). The van der Waals surface area contributed by atoms with Crippen LogP contribution in [0.1, 0.15) is 10.5 Å². The predicted molar refractivity (Wildman–Crippen MR) is 60.6 cm³/mol. The van der Waals surface area contributed by atoms with Crippen molar-refractivity contribution in [3.05, 3.63) is 42.4 Å². The fourth-order valence-electron chi connectivity index (χ4n) is 1.87. The number of benzene rings is 1. The molecule has 0 unspecified atom stereocenters. The molecule has 0 atom stereocenters. The van der Waals surface area contributed by atoms with E-state index in [0.717, 1.165) is 21.7 Å². The molecular weight excluding hydrogens is 204 g/mol. The van der Waals surface area contributed by atoms with Gasteiger partial charge >= 0.3 is 5.97 Å². The van der Waals surface area contributed by atoms with Crippen LogP contribution >= 0.6 is 0 Å². The van der Waals surface area contributed by atoms with Gasteiger partial charge in [-0.3, -0.25) is 4.98 Å². The van der Waals surface area contributed by atoms with Gasteiger partial charge in [0.15, 0.2) is 0 Å². The number of H-pyrrole nitrogens is 1. The molecule has 3 aromatic rings. The lowest BCUT2D eigenvalue weighted by Crippen LogP contribution is -1.99. The summed E-state index contributed by atoms with van der Waals surface area (Å²) in [6.45, 7) is 0. The minimum atomic E-state index is -0.956. The van der Waals surface area contributed by atoms with Crippen LogP contribution in [-0.4, -0.2) is 21.0 Å². The molecule has 1 aromatic carbocycles. The highest BCUT2D eigenvalue weighted by molar-refractivity contribution is 6.06. The number of rotatable bonds is 1. The molecule has 2 N–H and O–H groups in total. The Kier molecular flexibility index (Phi) is 1.71. The van der Waals surface area contributed by atoms with Gasteiger partial charge in [-0.1, -0.05) is 6.07 Å². The predicted octanol–water partition coefficient (Wildman–Crippen LogP) is 2.41. The number of hydrogen-bond donors (Lipinski definition) is 2. The van der Waals surface area contributed by atoms with Crippen LogP contribution in [0, 0.1) is 0 Å². The lowest BCUT2D eigenvalue weighted by Gasteiger charge is -2.02. The third kappa shape index (κ3) is 1.16. The van der Waals surface area contributed by atoms with E-state index in [1.165, 1.54) is 0 Å². The summed E-state index contributed by atoms with van der Waals surface area (Å²) in [5.74, 6) is -0.956. The number of aromatic amines is 1. The first-order chi connectivity index (χ1) is 7.75. The Labute approximate surface area is 90.5 Å². The Morgan fingerprint density at radius 1 is 1.12 bits per heavy atom. The molecule has 0 fully saturated rings. The first kappa shape index (κ1) is 8.91. The van der Waals surface area contributed by atoms with E-state index in [1.807, 2.05) is 12.1 Å². The maximum Gasteiger partial charge on any atom is 0.352 e. The Morgan fingerprint density at radius 3 is 2.81 bits per heavy atom. The second-order valence-corrected chi connectivity index (χ2v) is 3.61. The van der Waals surface area contributed by atoms with E-state index in [9.17, 15) is 4.79 Å². The van der Waals surface area contributed by atoms with Gasteiger partial charge in [0, 0.05) is 34.1 Å². The maximum atomic E-state index is 10.8. The molecule has 4 heteroatoms. The van der Waals surface area contributed by atoms with Gasteiger partial charge in [0.25, 0.3) is 0 Å². The number of hydrogen-bond acceptors (Lipinski definition) is 2. The molecule has 0 bridgehead atoms. The van der Waals surface area contributed by atoms with Crippen LogP contribution in [0.25, 0.3) is 21.7 Å². The van der Waals surface area contributed by atoms with Crippen LogP contribution in [0.5, 0.6) is 0 Å². The number of carboxylic acids is 1.